The zero-order valence-electron chi connectivity index (χ0n) is 16.9. The number of ether oxygens (including phenoxy) is 3. The van der Waals surface area contributed by atoms with E-state index < -0.39 is 41.6 Å². The maximum absolute atomic E-state index is 12.5. The van der Waals surface area contributed by atoms with Crippen LogP contribution in [-0.4, -0.2) is 54.2 Å². The van der Waals surface area contributed by atoms with Crippen LogP contribution in [0.25, 0.3) is 0 Å². The second kappa shape index (κ2) is 7.88. The van der Waals surface area contributed by atoms with Gasteiger partial charge in [-0.3, -0.25) is 25.2 Å². The highest BCUT2D eigenvalue weighted by Gasteiger charge is 2.56. The zero-order chi connectivity index (χ0) is 22.3. The van der Waals surface area contributed by atoms with Crippen LogP contribution in [0.2, 0.25) is 0 Å². The average molecular weight is 437 g/mol. The van der Waals surface area contributed by atoms with Gasteiger partial charge in [0.05, 0.1) is 12.6 Å². The fourth-order valence-electron chi connectivity index (χ4n) is 3.78. The van der Waals surface area contributed by atoms with Crippen LogP contribution >= 0.6 is 0 Å². The molecule has 3 fully saturated rings. The molecule has 12 heteroatoms. The smallest absolute Gasteiger partial charge is 0.444 e. The summed E-state index contributed by atoms with van der Waals surface area (Å²) in [7, 11) is 0. The Balaban J connectivity index is 1.46. The molecule has 0 spiro atoms. The van der Waals surface area contributed by atoms with E-state index in [2.05, 4.69) is 15.5 Å². The molecule has 4 atom stereocenters. The monoisotopic (exact) mass is 437 g/mol. The Kier molecular flexibility index (Phi) is 5.93. The van der Waals surface area contributed by atoms with Crippen LogP contribution in [0.4, 0.5) is 18.0 Å². The molecular weight excluding hydrogens is 411 g/mol. The molecule has 1 saturated heterocycles. The van der Waals surface area contributed by atoms with Gasteiger partial charge in [0.2, 0.25) is 0 Å². The first-order valence-corrected chi connectivity index (χ1v) is 9.78. The topological polar surface area (TPSA) is 115 Å². The molecule has 9 nitrogen and oxygen atoms in total. The van der Waals surface area contributed by atoms with Crippen LogP contribution in [0.3, 0.4) is 0 Å². The number of nitrogens with one attached hydrogen (secondary N) is 3. The van der Waals surface area contributed by atoms with Gasteiger partial charge in [-0.15, -0.1) is 13.2 Å². The van der Waals surface area contributed by atoms with Crippen LogP contribution in [0.1, 0.15) is 46.5 Å². The second-order valence-electron chi connectivity index (χ2n) is 8.91. The lowest BCUT2D eigenvalue weighted by atomic mass is 9.79. The highest BCUT2D eigenvalue weighted by Crippen LogP contribution is 2.48. The van der Waals surface area contributed by atoms with Crippen molar-refractivity contribution in [3.05, 3.63) is 0 Å². The first kappa shape index (κ1) is 22.6. The molecule has 0 aromatic heterocycles. The molecule has 0 bridgehead atoms. The Bertz CT molecular complexity index is 704. The largest absolute Gasteiger partial charge is 0.523 e. The van der Waals surface area contributed by atoms with E-state index >= 15 is 0 Å². The van der Waals surface area contributed by atoms with Gasteiger partial charge in [-0.2, -0.15) is 0 Å². The van der Waals surface area contributed by atoms with E-state index in [1.165, 1.54) is 0 Å². The SMILES string of the molecule is CC(C)(C)OC(=O)NC1CO[C@H](C(=O)NNC(=O)C2(OC(F)(F)F)CCC2)[C@H]2CC12. The minimum Gasteiger partial charge on any atom is -0.444 e. The Morgan fingerprint density at radius 1 is 1.07 bits per heavy atom. The number of halogens is 3. The van der Waals surface area contributed by atoms with Crippen LogP contribution < -0.4 is 16.2 Å². The summed E-state index contributed by atoms with van der Waals surface area (Å²) in [5.41, 5.74) is 1.50. The number of fused-ring (bicyclic) bond motifs is 1. The minimum absolute atomic E-state index is 0.0178. The lowest BCUT2D eigenvalue weighted by Gasteiger charge is -2.39. The molecule has 3 amide bonds. The lowest BCUT2D eigenvalue weighted by Crippen LogP contribution is -2.61. The van der Waals surface area contributed by atoms with Gasteiger partial charge in [0.25, 0.3) is 11.8 Å². The maximum atomic E-state index is 12.5. The predicted molar refractivity (Wildman–Crippen MR) is 94.5 cm³/mol. The lowest BCUT2D eigenvalue weighted by molar-refractivity contribution is -0.370. The number of amides is 3. The average Bonchev–Trinajstić information content (AvgIpc) is 3.34. The van der Waals surface area contributed by atoms with Crippen LogP contribution in [0.15, 0.2) is 0 Å². The molecule has 2 unspecified atom stereocenters. The van der Waals surface area contributed by atoms with Gasteiger partial charge in [-0.1, -0.05) is 0 Å². The molecule has 3 rings (SSSR count). The van der Waals surface area contributed by atoms with Crippen LogP contribution in [0.5, 0.6) is 0 Å². The number of alkyl carbamates (subject to hydrolysis) is 1. The fourth-order valence-corrected chi connectivity index (χ4v) is 3.78. The third kappa shape index (κ3) is 5.34. The van der Waals surface area contributed by atoms with E-state index in [0.717, 1.165) is 0 Å². The summed E-state index contributed by atoms with van der Waals surface area (Å²) in [5, 5.41) is 2.72. The first-order valence-electron chi connectivity index (χ1n) is 9.78. The molecule has 30 heavy (non-hydrogen) atoms. The van der Waals surface area contributed by atoms with Crippen molar-refractivity contribution in [2.45, 2.75) is 76.2 Å². The van der Waals surface area contributed by atoms with Crippen molar-refractivity contribution >= 4 is 17.9 Å². The minimum atomic E-state index is -4.95. The third-order valence-electron chi connectivity index (χ3n) is 5.40. The molecule has 170 valence electrons. The van der Waals surface area contributed by atoms with Crippen molar-refractivity contribution < 1.29 is 41.8 Å². The van der Waals surface area contributed by atoms with Gasteiger partial charge < -0.3 is 14.8 Å². The van der Waals surface area contributed by atoms with E-state index in [1.807, 2.05) is 5.43 Å². The Morgan fingerprint density at radius 2 is 1.73 bits per heavy atom. The Morgan fingerprint density at radius 3 is 2.27 bits per heavy atom. The molecule has 0 aromatic rings. The Hall–Kier alpha value is -2.08. The van der Waals surface area contributed by atoms with Gasteiger partial charge >= 0.3 is 12.5 Å². The first-order chi connectivity index (χ1) is 13.8. The highest BCUT2D eigenvalue weighted by molar-refractivity contribution is 5.89. The highest BCUT2D eigenvalue weighted by atomic mass is 19.4. The third-order valence-corrected chi connectivity index (χ3v) is 5.40. The normalized spacial score (nSPS) is 29.7. The summed E-state index contributed by atoms with van der Waals surface area (Å²) >= 11 is 0. The molecule has 1 heterocycles. The number of hydrogen-bond acceptors (Lipinski definition) is 6. The molecule has 3 N–H and O–H groups in total. The van der Waals surface area contributed by atoms with Crippen molar-refractivity contribution in [2.75, 3.05) is 6.61 Å². The van der Waals surface area contributed by atoms with Gasteiger partial charge in [0.1, 0.15) is 11.7 Å². The van der Waals surface area contributed by atoms with Crippen molar-refractivity contribution in [1.82, 2.24) is 16.2 Å². The quantitative estimate of drug-likeness (QED) is 0.575. The molecule has 2 aliphatic carbocycles. The number of rotatable bonds is 4. The summed E-state index contributed by atoms with van der Waals surface area (Å²) in [6.45, 7) is 5.30. The number of alkyl halides is 3. The predicted octanol–water partition coefficient (Wildman–Crippen LogP) is 1.52. The number of carbonyl (C=O) groups excluding carboxylic acids is 3. The second-order valence-corrected chi connectivity index (χ2v) is 8.91. The van der Waals surface area contributed by atoms with Crippen LogP contribution in [0, 0.1) is 11.8 Å². The van der Waals surface area contributed by atoms with Gasteiger partial charge in [0, 0.05) is 0 Å². The van der Waals surface area contributed by atoms with E-state index in [-0.39, 0.29) is 37.3 Å². The molecule has 3 aliphatic rings. The van der Waals surface area contributed by atoms with Gasteiger partial charge in [-0.05, 0) is 58.3 Å². The van der Waals surface area contributed by atoms with E-state index in [1.54, 1.807) is 20.8 Å². The number of carbonyl (C=O) groups is 3. The van der Waals surface area contributed by atoms with Gasteiger partial charge in [-0.25, -0.2) is 4.79 Å². The summed E-state index contributed by atoms with van der Waals surface area (Å²) in [4.78, 5) is 36.4. The Labute approximate surface area is 171 Å². The summed E-state index contributed by atoms with van der Waals surface area (Å²) < 4.78 is 52.3. The molecule has 2 saturated carbocycles. The molecule has 0 aromatic carbocycles. The molecule has 0 radical (unpaired) electrons. The number of hydrazine groups is 1. The van der Waals surface area contributed by atoms with Crippen molar-refractivity contribution in [3.8, 4) is 0 Å². The molecule has 1 aliphatic heterocycles. The van der Waals surface area contributed by atoms with E-state index in [4.69, 9.17) is 9.47 Å². The number of hydrogen-bond donors (Lipinski definition) is 3. The summed E-state index contributed by atoms with van der Waals surface area (Å²) in [6.07, 6.45) is -5.52. The van der Waals surface area contributed by atoms with Crippen LogP contribution in [-0.2, 0) is 23.8 Å². The van der Waals surface area contributed by atoms with E-state index in [0.29, 0.717) is 12.8 Å². The van der Waals surface area contributed by atoms with Crippen molar-refractivity contribution in [1.29, 1.82) is 0 Å². The summed E-state index contributed by atoms with van der Waals surface area (Å²) in [5.74, 6) is -1.86. The maximum Gasteiger partial charge on any atom is 0.523 e. The summed E-state index contributed by atoms with van der Waals surface area (Å²) in [6, 6.07) is -0.304. The van der Waals surface area contributed by atoms with Crippen molar-refractivity contribution in [2.24, 2.45) is 11.8 Å². The van der Waals surface area contributed by atoms with E-state index in [9.17, 15) is 27.6 Å². The van der Waals surface area contributed by atoms with Gasteiger partial charge in [0.15, 0.2) is 5.60 Å². The fraction of sp³-hybridized carbons (Fsp3) is 0.833. The molecular formula is C18H26F3N3O6. The standard InChI is InChI=1S/C18H26F3N3O6/c1-16(2,3)29-15(27)22-11-8-28-12(10-7-9(10)11)13(25)23-24-14(26)17(5-4-6-17)30-18(19,20)21/h9-12H,4-8H2,1-3H3,(H,22,27)(H,23,25)(H,24,26)/t9?,10-,11?,12-/m0/s1. The van der Waals surface area contributed by atoms with Crippen molar-refractivity contribution in [3.63, 3.8) is 0 Å². The zero-order valence-corrected chi connectivity index (χ0v) is 16.9.